The van der Waals surface area contributed by atoms with Crippen LogP contribution in [0.25, 0.3) is 0 Å². The van der Waals surface area contributed by atoms with E-state index in [-0.39, 0.29) is 10.7 Å². The van der Waals surface area contributed by atoms with Gasteiger partial charge < -0.3 is 5.32 Å². The molecule has 3 rings (SSSR count). The number of rotatable bonds is 5. The van der Waals surface area contributed by atoms with E-state index in [4.69, 9.17) is 0 Å². The van der Waals surface area contributed by atoms with E-state index in [1.54, 1.807) is 42.6 Å². The Hall–Kier alpha value is -2.86. The molecule has 2 aromatic carbocycles. The number of sulfonamides is 1. The van der Waals surface area contributed by atoms with E-state index < -0.39 is 10.0 Å². The predicted octanol–water partition coefficient (Wildman–Crippen LogP) is 4.24. The van der Waals surface area contributed by atoms with Gasteiger partial charge in [-0.2, -0.15) is 0 Å². The molecule has 0 unspecified atom stereocenters. The number of nitrogens with one attached hydrogen (secondary N) is 2. The first-order chi connectivity index (χ1) is 11.9. The second-order valence-corrected chi connectivity index (χ2v) is 7.53. The van der Waals surface area contributed by atoms with Gasteiger partial charge in [-0.1, -0.05) is 29.8 Å². The second-order valence-electron chi connectivity index (χ2n) is 5.85. The summed E-state index contributed by atoms with van der Waals surface area (Å²) < 4.78 is 27.2. The molecule has 5 nitrogen and oxygen atoms in total. The summed E-state index contributed by atoms with van der Waals surface area (Å²) in [5.74, 6) is 0.273. The maximum Gasteiger partial charge on any atom is 0.263 e. The van der Waals surface area contributed by atoms with Crippen molar-refractivity contribution in [1.29, 1.82) is 0 Å². The van der Waals surface area contributed by atoms with Crippen molar-refractivity contribution in [3.8, 4) is 0 Å². The Morgan fingerprint density at radius 2 is 1.60 bits per heavy atom. The predicted molar refractivity (Wildman–Crippen MR) is 101 cm³/mol. The van der Waals surface area contributed by atoms with Gasteiger partial charge in [-0.25, -0.2) is 13.4 Å². The summed E-state index contributed by atoms with van der Waals surface area (Å²) in [6, 6.07) is 18.0. The fourth-order valence-corrected chi connectivity index (χ4v) is 3.34. The van der Waals surface area contributed by atoms with Crippen molar-refractivity contribution in [1.82, 2.24) is 4.98 Å². The molecule has 2 N–H and O–H groups in total. The van der Waals surface area contributed by atoms with Crippen LogP contribution in [0, 0.1) is 13.8 Å². The summed E-state index contributed by atoms with van der Waals surface area (Å²) >= 11 is 0. The summed E-state index contributed by atoms with van der Waals surface area (Å²) in [6.07, 6.45) is 1.59. The minimum absolute atomic E-state index is 0.210. The maximum absolute atomic E-state index is 12.4. The van der Waals surface area contributed by atoms with E-state index in [0.29, 0.717) is 0 Å². The number of hydrogen-bond donors (Lipinski definition) is 2. The molecule has 1 heterocycles. The van der Waals surface area contributed by atoms with E-state index in [0.717, 1.165) is 22.5 Å². The van der Waals surface area contributed by atoms with Gasteiger partial charge in [0.15, 0.2) is 0 Å². The molecule has 0 fully saturated rings. The van der Waals surface area contributed by atoms with Crippen molar-refractivity contribution in [3.63, 3.8) is 0 Å². The SMILES string of the molecule is Cc1ccc(S(=O)(=O)Nc2ccc(Nc3cccc(C)c3)cn2)cc1. The fraction of sp³-hybridized carbons (Fsp3) is 0.105. The Morgan fingerprint density at radius 1 is 0.840 bits per heavy atom. The quantitative estimate of drug-likeness (QED) is 0.719. The van der Waals surface area contributed by atoms with Gasteiger partial charge in [-0.3, -0.25) is 4.72 Å². The van der Waals surface area contributed by atoms with Crippen molar-refractivity contribution < 1.29 is 8.42 Å². The number of pyridine rings is 1. The summed E-state index contributed by atoms with van der Waals surface area (Å²) in [6.45, 7) is 3.93. The molecule has 3 aromatic rings. The number of aryl methyl sites for hydroxylation is 2. The molecule has 0 atom stereocenters. The number of anilines is 3. The van der Waals surface area contributed by atoms with Crippen molar-refractivity contribution in [2.24, 2.45) is 0 Å². The van der Waals surface area contributed by atoms with Crippen molar-refractivity contribution >= 4 is 27.2 Å². The van der Waals surface area contributed by atoms with Gasteiger partial charge in [0.2, 0.25) is 0 Å². The van der Waals surface area contributed by atoms with Gasteiger partial charge in [0, 0.05) is 5.69 Å². The minimum atomic E-state index is -3.64. The summed E-state index contributed by atoms with van der Waals surface area (Å²) in [7, 11) is -3.64. The molecule has 0 bridgehead atoms. The zero-order valence-electron chi connectivity index (χ0n) is 14.0. The van der Waals surface area contributed by atoms with Crippen LogP contribution in [-0.2, 0) is 10.0 Å². The maximum atomic E-state index is 12.4. The van der Waals surface area contributed by atoms with E-state index in [1.165, 1.54) is 0 Å². The highest BCUT2D eigenvalue weighted by atomic mass is 32.2. The highest BCUT2D eigenvalue weighted by Gasteiger charge is 2.14. The zero-order chi connectivity index (χ0) is 17.9. The fourth-order valence-electron chi connectivity index (χ4n) is 2.33. The lowest BCUT2D eigenvalue weighted by molar-refractivity contribution is 0.601. The van der Waals surface area contributed by atoms with Crippen LogP contribution in [0.3, 0.4) is 0 Å². The van der Waals surface area contributed by atoms with Crippen LogP contribution >= 0.6 is 0 Å². The van der Waals surface area contributed by atoms with Gasteiger partial charge in [-0.15, -0.1) is 0 Å². The van der Waals surface area contributed by atoms with Crippen LogP contribution in [0.1, 0.15) is 11.1 Å². The number of nitrogens with zero attached hydrogens (tertiary/aromatic N) is 1. The molecular formula is C19H19N3O2S. The van der Waals surface area contributed by atoms with Crippen LogP contribution in [0.5, 0.6) is 0 Å². The third-order valence-corrected chi connectivity index (χ3v) is 5.01. The zero-order valence-corrected chi connectivity index (χ0v) is 14.8. The molecule has 25 heavy (non-hydrogen) atoms. The normalized spacial score (nSPS) is 11.1. The van der Waals surface area contributed by atoms with Gasteiger partial charge >= 0.3 is 0 Å². The van der Waals surface area contributed by atoms with Gasteiger partial charge in [0.25, 0.3) is 10.0 Å². The Morgan fingerprint density at radius 3 is 2.24 bits per heavy atom. The van der Waals surface area contributed by atoms with Crippen LogP contribution in [-0.4, -0.2) is 13.4 Å². The molecule has 128 valence electrons. The monoisotopic (exact) mass is 353 g/mol. The number of aromatic nitrogens is 1. The Labute approximate surface area is 147 Å². The minimum Gasteiger partial charge on any atom is -0.354 e. The molecular weight excluding hydrogens is 334 g/mol. The highest BCUT2D eigenvalue weighted by molar-refractivity contribution is 7.92. The first-order valence-electron chi connectivity index (χ1n) is 7.82. The number of hydrogen-bond acceptors (Lipinski definition) is 4. The summed E-state index contributed by atoms with van der Waals surface area (Å²) in [5.41, 5.74) is 3.89. The van der Waals surface area contributed by atoms with Gasteiger partial charge in [0.05, 0.1) is 16.8 Å². The molecule has 0 saturated heterocycles. The first kappa shape index (κ1) is 17.0. The lowest BCUT2D eigenvalue weighted by atomic mass is 10.2. The van der Waals surface area contributed by atoms with Crippen molar-refractivity contribution in [2.45, 2.75) is 18.7 Å². The van der Waals surface area contributed by atoms with Gasteiger partial charge in [-0.05, 0) is 55.8 Å². The topological polar surface area (TPSA) is 71.1 Å². The molecule has 0 amide bonds. The molecule has 0 aliphatic carbocycles. The Bertz CT molecular complexity index is 966. The standard InChI is InChI=1S/C19H19N3O2S/c1-14-6-9-18(10-7-14)25(23,24)22-19-11-8-17(13-20-19)21-16-5-3-4-15(2)12-16/h3-13,21H,1-2H3,(H,20,22). The largest absolute Gasteiger partial charge is 0.354 e. The lowest BCUT2D eigenvalue weighted by Gasteiger charge is -2.10. The Balaban J connectivity index is 1.73. The third kappa shape index (κ3) is 4.36. The Kier molecular flexibility index (Phi) is 4.72. The van der Waals surface area contributed by atoms with Crippen molar-refractivity contribution in [3.05, 3.63) is 78.0 Å². The van der Waals surface area contributed by atoms with Crippen LogP contribution in [0.2, 0.25) is 0 Å². The second kappa shape index (κ2) is 6.94. The van der Waals surface area contributed by atoms with E-state index in [2.05, 4.69) is 15.0 Å². The molecule has 0 aliphatic heterocycles. The van der Waals surface area contributed by atoms with Crippen LogP contribution in [0.4, 0.5) is 17.2 Å². The molecule has 0 aliphatic rings. The summed E-state index contributed by atoms with van der Waals surface area (Å²) in [5, 5.41) is 3.23. The number of benzene rings is 2. The van der Waals surface area contributed by atoms with Gasteiger partial charge in [0.1, 0.15) is 5.82 Å². The van der Waals surface area contributed by atoms with Crippen LogP contribution < -0.4 is 10.0 Å². The average molecular weight is 353 g/mol. The van der Waals surface area contributed by atoms with E-state index in [1.807, 2.05) is 38.1 Å². The lowest BCUT2D eigenvalue weighted by Crippen LogP contribution is -2.13. The van der Waals surface area contributed by atoms with E-state index >= 15 is 0 Å². The van der Waals surface area contributed by atoms with E-state index in [9.17, 15) is 8.42 Å². The third-order valence-electron chi connectivity index (χ3n) is 3.64. The average Bonchev–Trinajstić information content (AvgIpc) is 2.57. The molecule has 0 spiro atoms. The molecule has 6 heteroatoms. The summed E-state index contributed by atoms with van der Waals surface area (Å²) in [4.78, 5) is 4.38. The first-order valence-corrected chi connectivity index (χ1v) is 9.30. The van der Waals surface area contributed by atoms with Crippen molar-refractivity contribution in [2.75, 3.05) is 10.0 Å². The molecule has 1 aromatic heterocycles. The molecule has 0 saturated carbocycles. The molecule has 0 radical (unpaired) electrons. The smallest absolute Gasteiger partial charge is 0.263 e. The van der Waals surface area contributed by atoms with Crippen LogP contribution in [0.15, 0.2) is 71.8 Å². The highest BCUT2D eigenvalue weighted by Crippen LogP contribution is 2.19.